The third-order valence-electron chi connectivity index (χ3n) is 5.49. The van der Waals surface area contributed by atoms with Gasteiger partial charge < -0.3 is 19.5 Å². The standard InChI is InChI=1S/C23H28FN5O2S/c24-19-7-5-18(6-8-19)16-21-26-23(32-27-21)29(17-20-4-3-15-31-20)13-9-22(30)25-10-14-28-11-1-2-12-28/h3-8,15H,1-2,9-14,16-17H2,(H,25,30). The number of carbonyl (C=O) groups is 1. The Morgan fingerprint density at radius 3 is 2.78 bits per heavy atom. The lowest BCUT2D eigenvalue weighted by molar-refractivity contribution is -0.120. The molecule has 0 aliphatic carbocycles. The Balaban J connectivity index is 1.33. The molecule has 1 saturated heterocycles. The van der Waals surface area contributed by atoms with Crippen molar-refractivity contribution in [2.45, 2.75) is 32.2 Å². The molecule has 0 saturated carbocycles. The van der Waals surface area contributed by atoms with Crippen molar-refractivity contribution in [1.82, 2.24) is 19.6 Å². The van der Waals surface area contributed by atoms with Gasteiger partial charge in [0.2, 0.25) is 11.0 Å². The molecule has 170 valence electrons. The van der Waals surface area contributed by atoms with E-state index >= 15 is 0 Å². The van der Waals surface area contributed by atoms with E-state index in [0.29, 0.717) is 38.3 Å². The van der Waals surface area contributed by atoms with Gasteiger partial charge in [0, 0.05) is 44.0 Å². The largest absolute Gasteiger partial charge is 0.467 e. The highest BCUT2D eigenvalue weighted by molar-refractivity contribution is 7.09. The summed E-state index contributed by atoms with van der Waals surface area (Å²) in [6.07, 6.45) is 5.04. The highest BCUT2D eigenvalue weighted by atomic mass is 32.1. The van der Waals surface area contributed by atoms with Gasteiger partial charge in [-0.15, -0.1) is 0 Å². The molecule has 7 nitrogen and oxygen atoms in total. The molecule has 2 aromatic heterocycles. The highest BCUT2D eigenvalue weighted by Crippen LogP contribution is 2.22. The van der Waals surface area contributed by atoms with Gasteiger partial charge in [0.1, 0.15) is 17.4 Å². The number of hydrogen-bond donors (Lipinski definition) is 1. The summed E-state index contributed by atoms with van der Waals surface area (Å²) in [5.74, 6) is 1.25. The number of amides is 1. The third kappa shape index (κ3) is 6.61. The molecule has 0 atom stereocenters. The number of benzene rings is 1. The van der Waals surface area contributed by atoms with Crippen LogP contribution >= 0.6 is 11.5 Å². The summed E-state index contributed by atoms with van der Waals surface area (Å²) in [6.45, 7) is 4.87. The minimum Gasteiger partial charge on any atom is -0.467 e. The maximum absolute atomic E-state index is 13.1. The number of likely N-dealkylation sites (tertiary alicyclic amines) is 1. The molecule has 3 heterocycles. The molecule has 0 radical (unpaired) electrons. The normalized spacial score (nSPS) is 14.0. The quantitative estimate of drug-likeness (QED) is 0.475. The Morgan fingerprint density at radius 2 is 2.03 bits per heavy atom. The summed E-state index contributed by atoms with van der Waals surface area (Å²) >= 11 is 1.30. The van der Waals surface area contributed by atoms with Gasteiger partial charge in [0.05, 0.1) is 12.8 Å². The van der Waals surface area contributed by atoms with Crippen molar-refractivity contribution in [2.75, 3.05) is 37.6 Å². The summed E-state index contributed by atoms with van der Waals surface area (Å²) < 4.78 is 23.1. The monoisotopic (exact) mass is 457 g/mol. The number of halogens is 1. The van der Waals surface area contributed by atoms with E-state index in [0.717, 1.165) is 36.1 Å². The Labute approximate surface area is 191 Å². The number of carbonyl (C=O) groups excluding carboxylic acids is 1. The summed E-state index contributed by atoms with van der Waals surface area (Å²) in [5, 5.41) is 3.76. The maximum Gasteiger partial charge on any atom is 0.221 e. The summed E-state index contributed by atoms with van der Waals surface area (Å²) in [4.78, 5) is 21.4. The first-order valence-electron chi connectivity index (χ1n) is 11.0. The lowest BCUT2D eigenvalue weighted by Gasteiger charge is -2.20. The van der Waals surface area contributed by atoms with Gasteiger partial charge >= 0.3 is 0 Å². The zero-order valence-corrected chi connectivity index (χ0v) is 18.8. The molecular formula is C23H28FN5O2S. The van der Waals surface area contributed by atoms with E-state index in [2.05, 4.69) is 19.6 Å². The van der Waals surface area contributed by atoms with Crippen LogP contribution in [0.3, 0.4) is 0 Å². The molecule has 1 fully saturated rings. The van der Waals surface area contributed by atoms with Gasteiger partial charge in [-0.3, -0.25) is 4.79 Å². The van der Waals surface area contributed by atoms with E-state index in [9.17, 15) is 9.18 Å². The first-order valence-corrected chi connectivity index (χ1v) is 11.8. The minimum atomic E-state index is -0.260. The number of nitrogens with one attached hydrogen (secondary N) is 1. The van der Waals surface area contributed by atoms with Gasteiger partial charge in [-0.05, 0) is 55.8 Å². The van der Waals surface area contributed by atoms with Gasteiger partial charge in [0.15, 0.2) is 0 Å². The number of furan rings is 1. The first kappa shape index (κ1) is 22.4. The zero-order chi connectivity index (χ0) is 22.2. The molecule has 3 aromatic rings. The molecule has 9 heteroatoms. The minimum absolute atomic E-state index is 0.0321. The smallest absolute Gasteiger partial charge is 0.221 e. The van der Waals surface area contributed by atoms with Crippen molar-refractivity contribution >= 4 is 22.6 Å². The maximum atomic E-state index is 13.1. The van der Waals surface area contributed by atoms with Crippen LogP contribution in [0, 0.1) is 5.82 Å². The van der Waals surface area contributed by atoms with Crippen molar-refractivity contribution in [3.05, 3.63) is 65.6 Å². The fourth-order valence-electron chi connectivity index (χ4n) is 3.75. The fraction of sp³-hybridized carbons (Fsp3) is 0.435. The molecule has 0 bridgehead atoms. The van der Waals surface area contributed by atoms with E-state index in [1.807, 2.05) is 17.0 Å². The highest BCUT2D eigenvalue weighted by Gasteiger charge is 2.17. The van der Waals surface area contributed by atoms with Crippen LogP contribution < -0.4 is 10.2 Å². The van der Waals surface area contributed by atoms with E-state index in [4.69, 9.17) is 4.42 Å². The second-order valence-electron chi connectivity index (χ2n) is 7.95. The summed E-state index contributed by atoms with van der Waals surface area (Å²) in [6, 6.07) is 10.1. The molecule has 1 aliphatic heterocycles. The Kier molecular flexibility index (Phi) is 7.84. The van der Waals surface area contributed by atoms with Gasteiger partial charge in [-0.1, -0.05) is 12.1 Å². The average molecular weight is 458 g/mol. The van der Waals surface area contributed by atoms with Crippen molar-refractivity contribution < 1.29 is 13.6 Å². The molecule has 0 unspecified atom stereocenters. The number of rotatable bonds is 11. The molecule has 4 rings (SSSR count). The second-order valence-corrected chi connectivity index (χ2v) is 8.68. The predicted molar refractivity (Wildman–Crippen MR) is 122 cm³/mol. The van der Waals surface area contributed by atoms with Crippen molar-refractivity contribution in [2.24, 2.45) is 0 Å². The topological polar surface area (TPSA) is 74.5 Å². The van der Waals surface area contributed by atoms with Gasteiger partial charge in [-0.25, -0.2) is 9.37 Å². The molecular weight excluding hydrogens is 429 g/mol. The van der Waals surface area contributed by atoms with E-state index in [1.54, 1.807) is 18.4 Å². The number of nitrogens with zero attached hydrogens (tertiary/aromatic N) is 4. The van der Waals surface area contributed by atoms with Crippen LogP contribution in [0.1, 0.15) is 36.4 Å². The molecule has 32 heavy (non-hydrogen) atoms. The number of hydrogen-bond acceptors (Lipinski definition) is 7. The Bertz CT molecular complexity index is 971. The van der Waals surface area contributed by atoms with Crippen molar-refractivity contribution in [3.63, 3.8) is 0 Å². The van der Waals surface area contributed by atoms with Crippen LogP contribution in [0.4, 0.5) is 9.52 Å². The third-order valence-corrected chi connectivity index (χ3v) is 6.30. The van der Waals surface area contributed by atoms with E-state index in [1.165, 1.54) is 36.5 Å². The Hall–Kier alpha value is -2.78. The van der Waals surface area contributed by atoms with Gasteiger partial charge in [-0.2, -0.15) is 4.37 Å². The second kappa shape index (κ2) is 11.2. The van der Waals surface area contributed by atoms with Crippen molar-refractivity contribution in [1.29, 1.82) is 0 Å². The molecule has 1 amide bonds. The average Bonchev–Trinajstić information content (AvgIpc) is 3.56. The number of anilines is 1. The molecule has 1 aliphatic rings. The summed E-state index contributed by atoms with van der Waals surface area (Å²) in [5.41, 5.74) is 0.950. The van der Waals surface area contributed by atoms with Crippen LogP contribution in [0.15, 0.2) is 47.1 Å². The van der Waals surface area contributed by atoms with Crippen LogP contribution in [-0.2, 0) is 17.8 Å². The lowest BCUT2D eigenvalue weighted by atomic mass is 10.1. The van der Waals surface area contributed by atoms with E-state index < -0.39 is 0 Å². The first-order chi connectivity index (χ1) is 15.7. The number of aromatic nitrogens is 2. The Morgan fingerprint density at radius 1 is 1.22 bits per heavy atom. The molecule has 0 spiro atoms. The lowest BCUT2D eigenvalue weighted by Crippen LogP contribution is -2.35. The zero-order valence-electron chi connectivity index (χ0n) is 18.0. The van der Waals surface area contributed by atoms with E-state index in [-0.39, 0.29) is 11.7 Å². The molecule has 1 N–H and O–H groups in total. The predicted octanol–water partition coefficient (Wildman–Crippen LogP) is 3.47. The fourth-order valence-corrected chi connectivity index (χ4v) is 4.46. The van der Waals surface area contributed by atoms with Gasteiger partial charge in [0.25, 0.3) is 0 Å². The summed E-state index contributed by atoms with van der Waals surface area (Å²) in [7, 11) is 0. The van der Waals surface area contributed by atoms with Crippen LogP contribution in [-0.4, -0.2) is 52.9 Å². The SMILES string of the molecule is O=C(CCN(Cc1ccco1)c1nc(Cc2ccc(F)cc2)ns1)NCCN1CCCC1. The van der Waals surface area contributed by atoms with Crippen LogP contribution in [0.5, 0.6) is 0 Å². The van der Waals surface area contributed by atoms with Crippen LogP contribution in [0.2, 0.25) is 0 Å². The molecule has 1 aromatic carbocycles. The van der Waals surface area contributed by atoms with Crippen molar-refractivity contribution in [3.8, 4) is 0 Å². The van der Waals surface area contributed by atoms with Crippen LogP contribution in [0.25, 0.3) is 0 Å².